The lowest BCUT2D eigenvalue weighted by molar-refractivity contribution is -0.119. The molecule has 1 aromatic rings. The van der Waals surface area contributed by atoms with E-state index in [-0.39, 0.29) is 11.9 Å². The maximum absolute atomic E-state index is 12.1. The summed E-state index contributed by atoms with van der Waals surface area (Å²) in [7, 11) is -3.34. The van der Waals surface area contributed by atoms with Gasteiger partial charge in [0, 0.05) is 6.04 Å². The van der Waals surface area contributed by atoms with Crippen LogP contribution in [0.5, 0.6) is 0 Å². The Hall–Kier alpha value is -1.36. The van der Waals surface area contributed by atoms with Crippen molar-refractivity contribution in [3.63, 3.8) is 0 Å². The fraction of sp³-hybridized carbons (Fsp3) is 0.611. The zero-order chi connectivity index (χ0) is 16.9. The van der Waals surface area contributed by atoms with Crippen molar-refractivity contribution in [3.8, 4) is 0 Å². The zero-order valence-corrected chi connectivity index (χ0v) is 14.8. The summed E-state index contributed by atoms with van der Waals surface area (Å²) in [5.74, 6) is -0.375. The van der Waals surface area contributed by atoms with Gasteiger partial charge in [-0.2, -0.15) is 0 Å². The Balaban J connectivity index is 1.97. The van der Waals surface area contributed by atoms with E-state index in [0.29, 0.717) is 5.92 Å². The summed E-state index contributed by atoms with van der Waals surface area (Å²) >= 11 is 0. The van der Waals surface area contributed by atoms with Gasteiger partial charge in [-0.05, 0) is 44.6 Å². The van der Waals surface area contributed by atoms with Crippen LogP contribution in [-0.2, 0) is 21.1 Å². The number of carbonyl (C=O) groups excluding carboxylic acids is 1. The van der Waals surface area contributed by atoms with Gasteiger partial charge in [-0.25, -0.2) is 8.42 Å². The van der Waals surface area contributed by atoms with E-state index in [0.717, 1.165) is 25.7 Å². The molecule has 0 aromatic heterocycles. The van der Waals surface area contributed by atoms with Crippen LogP contribution in [0.3, 0.4) is 0 Å². The first-order valence-electron chi connectivity index (χ1n) is 8.43. The molecule has 5 heteroatoms. The lowest BCUT2D eigenvalue weighted by atomic mass is 9.80. The van der Waals surface area contributed by atoms with Crippen LogP contribution >= 0.6 is 0 Å². The molecule has 1 aromatic carbocycles. The van der Waals surface area contributed by atoms with Crippen LogP contribution in [0.15, 0.2) is 30.3 Å². The van der Waals surface area contributed by atoms with Gasteiger partial charge in [-0.15, -0.1) is 0 Å². The van der Waals surface area contributed by atoms with Gasteiger partial charge in [-0.3, -0.25) is 4.79 Å². The van der Waals surface area contributed by atoms with Gasteiger partial charge in [0.05, 0.1) is 5.25 Å². The molecule has 1 saturated carbocycles. The molecule has 1 N–H and O–H groups in total. The van der Waals surface area contributed by atoms with Gasteiger partial charge >= 0.3 is 0 Å². The summed E-state index contributed by atoms with van der Waals surface area (Å²) in [6.45, 7) is 3.23. The van der Waals surface area contributed by atoms with Crippen LogP contribution in [0.25, 0.3) is 0 Å². The largest absolute Gasteiger partial charge is 0.352 e. The Bertz CT molecular complexity index is 610. The van der Waals surface area contributed by atoms with Crippen LogP contribution in [0, 0.1) is 5.92 Å². The van der Waals surface area contributed by atoms with E-state index in [1.165, 1.54) is 12.0 Å². The maximum atomic E-state index is 12.1. The number of rotatable bonds is 6. The minimum atomic E-state index is -3.34. The number of hydrogen-bond acceptors (Lipinski definition) is 3. The molecule has 23 heavy (non-hydrogen) atoms. The average molecular weight is 337 g/mol. The highest BCUT2D eigenvalue weighted by molar-refractivity contribution is 7.92. The highest BCUT2D eigenvalue weighted by Gasteiger charge is 2.28. The van der Waals surface area contributed by atoms with Crippen LogP contribution in [0.4, 0.5) is 0 Å². The van der Waals surface area contributed by atoms with Gasteiger partial charge in [-0.1, -0.05) is 43.2 Å². The fourth-order valence-corrected chi connectivity index (χ4v) is 3.94. The van der Waals surface area contributed by atoms with E-state index in [1.807, 2.05) is 18.2 Å². The van der Waals surface area contributed by atoms with Gasteiger partial charge in [0.2, 0.25) is 5.91 Å². The molecule has 0 saturated heterocycles. The summed E-state index contributed by atoms with van der Waals surface area (Å²) in [5, 5.41) is 2.47. The van der Waals surface area contributed by atoms with E-state index < -0.39 is 20.8 Å². The van der Waals surface area contributed by atoms with Gasteiger partial charge in [0.1, 0.15) is 5.75 Å². The minimum Gasteiger partial charge on any atom is -0.352 e. The normalized spacial score (nSPS) is 22.0. The number of amides is 1. The van der Waals surface area contributed by atoms with Crippen molar-refractivity contribution in [2.75, 3.05) is 5.75 Å². The van der Waals surface area contributed by atoms with E-state index in [9.17, 15) is 13.2 Å². The summed E-state index contributed by atoms with van der Waals surface area (Å²) < 4.78 is 23.8. The van der Waals surface area contributed by atoms with Gasteiger partial charge in [0.25, 0.3) is 0 Å². The van der Waals surface area contributed by atoms with Crippen LogP contribution in [-0.4, -0.2) is 31.4 Å². The van der Waals surface area contributed by atoms with Crippen molar-refractivity contribution >= 4 is 15.7 Å². The first-order chi connectivity index (χ1) is 10.9. The SMILES string of the molecule is CC(C)S(=O)(=O)CC(=O)NC1CCCCC1Cc1ccccc1. The second-order valence-electron chi connectivity index (χ2n) is 6.76. The predicted octanol–water partition coefficient (Wildman–Crippen LogP) is 2.73. The Morgan fingerprint density at radius 2 is 1.83 bits per heavy atom. The molecule has 0 radical (unpaired) electrons. The van der Waals surface area contributed by atoms with E-state index in [4.69, 9.17) is 0 Å². The molecule has 2 rings (SSSR count). The van der Waals surface area contributed by atoms with Crippen LogP contribution < -0.4 is 5.32 Å². The van der Waals surface area contributed by atoms with Crippen molar-refractivity contribution in [3.05, 3.63) is 35.9 Å². The monoisotopic (exact) mass is 337 g/mol. The Morgan fingerprint density at radius 3 is 2.48 bits per heavy atom. The third kappa shape index (κ3) is 5.34. The quantitative estimate of drug-likeness (QED) is 0.868. The second kappa shape index (κ2) is 7.95. The average Bonchev–Trinajstić information content (AvgIpc) is 2.49. The van der Waals surface area contributed by atoms with Crippen molar-refractivity contribution in [2.45, 2.75) is 57.2 Å². The molecule has 0 heterocycles. The highest BCUT2D eigenvalue weighted by Crippen LogP contribution is 2.27. The smallest absolute Gasteiger partial charge is 0.235 e. The Kier molecular flexibility index (Phi) is 6.22. The topological polar surface area (TPSA) is 63.2 Å². The summed E-state index contributed by atoms with van der Waals surface area (Å²) in [6, 6.07) is 10.4. The summed E-state index contributed by atoms with van der Waals surface area (Å²) in [5.41, 5.74) is 1.27. The van der Waals surface area contributed by atoms with Crippen LogP contribution in [0.1, 0.15) is 45.1 Å². The van der Waals surface area contributed by atoms with Crippen molar-refractivity contribution < 1.29 is 13.2 Å². The lowest BCUT2D eigenvalue weighted by Gasteiger charge is -2.32. The van der Waals surface area contributed by atoms with E-state index in [1.54, 1.807) is 13.8 Å². The second-order valence-corrected chi connectivity index (χ2v) is 9.32. The van der Waals surface area contributed by atoms with E-state index >= 15 is 0 Å². The van der Waals surface area contributed by atoms with E-state index in [2.05, 4.69) is 17.4 Å². The number of hydrogen-bond donors (Lipinski definition) is 1. The molecule has 2 atom stereocenters. The molecule has 1 amide bonds. The predicted molar refractivity (Wildman–Crippen MR) is 93.0 cm³/mol. The molecule has 1 fully saturated rings. The lowest BCUT2D eigenvalue weighted by Crippen LogP contribution is -2.45. The van der Waals surface area contributed by atoms with Crippen molar-refractivity contribution in [1.82, 2.24) is 5.32 Å². The molecular formula is C18H27NO3S. The number of benzene rings is 1. The number of nitrogens with one attached hydrogen (secondary N) is 1. The molecule has 1 aliphatic carbocycles. The number of carbonyl (C=O) groups is 1. The molecule has 0 bridgehead atoms. The minimum absolute atomic E-state index is 0.0822. The summed E-state index contributed by atoms with van der Waals surface area (Å²) in [4.78, 5) is 12.1. The first-order valence-corrected chi connectivity index (χ1v) is 10.1. The van der Waals surface area contributed by atoms with Crippen LogP contribution in [0.2, 0.25) is 0 Å². The van der Waals surface area contributed by atoms with Gasteiger partial charge in [0.15, 0.2) is 9.84 Å². The Morgan fingerprint density at radius 1 is 1.17 bits per heavy atom. The third-order valence-corrected chi connectivity index (χ3v) is 6.75. The molecule has 4 nitrogen and oxygen atoms in total. The molecule has 2 unspecified atom stereocenters. The third-order valence-electron chi connectivity index (χ3n) is 4.65. The van der Waals surface area contributed by atoms with Crippen molar-refractivity contribution in [1.29, 1.82) is 0 Å². The maximum Gasteiger partial charge on any atom is 0.235 e. The molecule has 0 spiro atoms. The first kappa shape index (κ1) is 18.0. The molecule has 128 valence electrons. The highest BCUT2D eigenvalue weighted by atomic mass is 32.2. The van der Waals surface area contributed by atoms with Gasteiger partial charge < -0.3 is 5.32 Å². The summed E-state index contributed by atoms with van der Waals surface area (Å²) in [6.07, 6.45) is 5.21. The standard InChI is InChI=1S/C18H27NO3S/c1-14(2)23(21,22)13-18(20)19-17-11-7-6-10-16(17)12-15-8-4-3-5-9-15/h3-5,8-9,14,16-17H,6-7,10-13H2,1-2H3,(H,19,20). The van der Waals surface area contributed by atoms with Crippen molar-refractivity contribution in [2.24, 2.45) is 5.92 Å². The fourth-order valence-electron chi connectivity index (χ4n) is 3.16. The zero-order valence-electron chi connectivity index (χ0n) is 14.0. The number of sulfone groups is 1. The molecule has 1 aliphatic rings. The Labute approximate surface area is 139 Å². The molecular weight excluding hydrogens is 310 g/mol. The molecule has 0 aliphatic heterocycles.